The van der Waals surface area contributed by atoms with E-state index in [1.807, 2.05) is 13.8 Å². The molecule has 0 fully saturated rings. The molecule has 28 heavy (non-hydrogen) atoms. The number of nitriles is 1. The summed E-state index contributed by atoms with van der Waals surface area (Å²) >= 11 is 0. The van der Waals surface area contributed by atoms with E-state index >= 15 is 0 Å². The lowest BCUT2D eigenvalue weighted by molar-refractivity contribution is 0.0996. The SMILES string of the molecule is CC(C)n1cc(-c2nc(C(N)=O)c(N)nc2-c2ccc(C#N)cc2)ccc1=O. The molecule has 3 aromatic rings. The van der Waals surface area contributed by atoms with Crippen LogP contribution in [0, 0.1) is 11.3 Å². The van der Waals surface area contributed by atoms with Gasteiger partial charge in [-0.25, -0.2) is 9.97 Å². The number of hydrogen-bond acceptors (Lipinski definition) is 6. The average Bonchev–Trinajstić information content (AvgIpc) is 2.68. The van der Waals surface area contributed by atoms with Gasteiger partial charge in [0.15, 0.2) is 11.5 Å². The molecule has 0 aliphatic heterocycles. The van der Waals surface area contributed by atoms with Crippen molar-refractivity contribution in [2.75, 3.05) is 5.73 Å². The third-order valence-corrected chi connectivity index (χ3v) is 4.21. The first-order valence-electron chi connectivity index (χ1n) is 8.52. The van der Waals surface area contributed by atoms with Gasteiger partial charge < -0.3 is 16.0 Å². The van der Waals surface area contributed by atoms with Crippen molar-refractivity contribution in [2.45, 2.75) is 19.9 Å². The van der Waals surface area contributed by atoms with Crippen LogP contribution in [-0.2, 0) is 0 Å². The summed E-state index contributed by atoms with van der Waals surface area (Å²) in [6.45, 7) is 3.77. The molecule has 1 aromatic carbocycles. The average molecular weight is 374 g/mol. The first-order valence-corrected chi connectivity index (χ1v) is 8.52. The highest BCUT2D eigenvalue weighted by atomic mass is 16.1. The molecular formula is C20H18N6O2. The quantitative estimate of drug-likeness (QED) is 0.716. The fraction of sp³-hybridized carbons (Fsp3) is 0.150. The minimum atomic E-state index is -0.796. The predicted octanol–water partition coefficient (Wildman–Crippen LogP) is 2.11. The van der Waals surface area contributed by atoms with E-state index in [2.05, 4.69) is 16.0 Å². The summed E-state index contributed by atoms with van der Waals surface area (Å²) in [6, 6.07) is 11.8. The Bertz CT molecular complexity index is 1160. The number of nitrogen functional groups attached to an aromatic ring is 1. The van der Waals surface area contributed by atoms with E-state index in [1.165, 1.54) is 6.07 Å². The van der Waals surface area contributed by atoms with Crippen LogP contribution in [0.5, 0.6) is 0 Å². The van der Waals surface area contributed by atoms with Crippen LogP contribution in [0.3, 0.4) is 0 Å². The zero-order valence-corrected chi connectivity index (χ0v) is 15.4. The molecule has 140 valence electrons. The molecule has 0 saturated carbocycles. The molecule has 4 N–H and O–H groups in total. The number of carbonyl (C=O) groups excluding carboxylic acids is 1. The summed E-state index contributed by atoms with van der Waals surface area (Å²) in [7, 11) is 0. The molecule has 0 atom stereocenters. The predicted molar refractivity (Wildman–Crippen MR) is 105 cm³/mol. The van der Waals surface area contributed by atoms with E-state index in [1.54, 1.807) is 41.1 Å². The fourth-order valence-corrected chi connectivity index (χ4v) is 2.78. The molecule has 2 aromatic heterocycles. The van der Waals surface area contributed by atoms with E-state index < -0.39 is 5.91 Å². The van der Waals surface area contributed by atoms with Gasteiger partial charge in [-0.15, -0.1) is 0 Å². The van der Waals surface area contributed by atoms with Crippen LogP contribution in [0.25, 0.3) is 22.5 Å². The number of nitrogens with two attached hydrogens (primary N) is 2. The van der Waals surface area contributed by atoms with E-state index in [0.29, 0.717) is 28.1 Å². The van der Waals surface area contributed by atoms with E-state index in [0.717, 1.165) is 0 Å². The van der Waals surface area contributed by atoms with Gasteiger partial charge in [0.2, 0.25) is 0 Å². The molecule has 8 heteroatoms. The van der Waals surface area contributed by atoms with Gasteiger partial charge in [0, 0.05) is 29.4 Å². The number of amides is 1. The van der Waals surface area contributed by atoms with Crippen LogP contribution in [0.15, 0.2) is 47.4 Å². The van der Waals surface area contributed by atoms with Gasteiger partial charge in [-0.2, -0.15) is 5.26 Å². The van der Waals surface area contributed by atoms with Gasteiger partial charge in [-0.05, 0) is 32.0 Å². The van der Waals surface area contributed by atoms with Crippen LogP contribution < -0.4 is 17.0 Å². The molecule has 0 spiro atoms. The highest BCUT2D eigenvalue weighted by Crippen LogP contribution is 2.30. The van der Waals surface area contributed by atoms with Gasteiger partial charge in [-0.1, -0.05) is 12.1 Å². The topological polar surface area (TPSA) is 141 Å². The lowest BCUT2D eigenvalue weighted by Crippen LogP contribution is -2.21. The van der Waals surface area contributed by atoms with Crippen molar-refractivity contribution in [1.82, 2.24) is 14.5 Å². The van der Waals surface area contributed by atoms with E-state index in [4.69, 9.17) is 16.7 Å². The smallest absolute Gasteiger partial charge is 0.271 e. The molecule has 0 aliphatic carbocycles. The Kier molecular flexibility index (Phi) is 4.92. The maximum absolute atomic E-state index is 12.1. The molecule has 1 amide bonds. The van der Waals surface area contributed by atoms with Crippen LogP contribution in [0.1, 0.15) is 35.9 Å². The largest absolute Gasteiger partial charge is 0.382 e. The van der Waals surface area contributed by atoms with Crippen LogP contribution in [0.2, 0.25) is 0 Å². The van der Waals surface area contributed by atoms with Crippen molar-refractivity contribution in [3.8, 4) is 28.6 Å². The summed E-state index contributed by atoms with van der Waals surface area (Å²) in [5.74, 6) is -0.886. The molecule has 0 bridgehead atoms. The minimum Gasteiger partial charge on any atom is -0.382 e. The number of rotatable bonds is 4. The van der Waals surface area contributed by atoms with Crippen molar-refractivity contribution in [2.24, 2.45) is 5.73 Å². The maximum Gasteiger partial charge on any atom is 0.271 e. The van der Waals surface area contributed by atoms with Crippen molar-refractivity contribution in [3.05, 3.63) is 64.2 Å². The summed E-state index contributed by atoms with van der Waals surface area (Å²) in [6.07, 6.45) is 1.66. The minimum absolute atomic E-state index is 0.0665. The van der Waals surface area contributed by atoms with E-state index in [9.17, 15) is 9.59 Å². The molecular weight excluding hydrogens is 356 g/mol. The van der Waals surface area contributed by atoms with Crippen LogP contribution >= 0.6 is 0 Å². The monoisotopic (exact) mass is 374 g/mol. The Morgan fingerprint density at radius 1 is 1.07 bits per heavy atom. The second-order valence-corrected chi connectivity index (χ2v) is 6.47. The van der Waals surface area contributed by atoms with Crippen molar-refractivity contribution < 1.29 is 4.79 Å². The molecule has 0 saturated heterocycles. The second-order valence-electron chi connectivity index (χ2n) is 6.47. The number of anilines is 1. The van der Waals surface area contributed by atoms with Crippen LogP contribution in [-0.4, -0.2) is 20.4 Å². The van der Waals surface area contributed by atoms with Gasteiger partial charge in [0.05, 0.1) is 23.0 Å². The maximum atomic E-state index is 12.1. The van der Waals surface area contributed by atoms with Crippen molar-refractivity contribution in [3.63, 3.8) is 0 Å². The Morgan fingerprint density at radius 3 is 2.25 bits per heavy atom. The van der Waals surface area contributed by atoms with E-state index in [-0.39, 0.29) is 23.1 Å². The molecule has 8 nitrogen and oxygen atoms in total. The highest BCUT2D eigenvalue weighted by molar-refractivity contribution is 5.96. The number of primary amides is 1. The fourth-order valence-electron chi connectivity index (χ4n) is 2.78. The Morgan fingerprint density at radius 2 is 1.68 bits per heavy atom. The number of pyridine rings is 1. The highest BCUT2D eigenvalue weighted by Gasteiger charge is 2.19. The third-order valence-electron chi connectivity index (χ3n) is 4.21. The van der Waals surface area contributed by atoms with Gasteiger partial charge in [0.1, 0.15) is 0 Å². The molecule has 0 aliphatic rings. The zero-order chi connectivity index (χ0) is 20.4. The van der Waals surface area contributed by atoms with Crippen molar-refractivity contribution >= 4 is 11.7 Å². The van der Waals surface area contributed by atoms with Gasteiger partial charge in [-0.3, -0.25) is 9.59 Å². The Hall–Kier alpha value is -3.99. The number of benzene rings is 1. The number of carbonyl (C=O) groups is 1. The number of aromatic nitrogens is 3. The van der Waals surface area contributed by atoms with Gasteiger partial charge in [0.25, 0.3) is 11.5 Å². The summed E-state index contributed by atoms with van der Waals surface area (Å²) in [5.41, 5.74) is 13.5. The van der Waals surface area contributed by atoms with Crippen LogP contribution in [0.4, 0.5) is 5.82 Å². The number of nitrogens with zero attached hydrogens (tertiary/aromatic N) is 4. The Labute approximate surface area is 161 Å². The molecule has 3 rings (SSSR count). The molecule has 2 heterocycles. The summed E-state index contributed by atoms with van der Waals surface area (Å²) < 4.78 is 1.56. The summed E-state index contributed by atoms with van der Waals surface area (Å²) in [4.78, 5) is 32.5. The van der Waals surface area contributed by atoms with Gasteiger partial charge >= 0.3 is 0 Å². The lowest BCUT2D eigenvalue weighted by Gasteiger charge is -2.15. The molecule has 0 radical (unpaired) electrons. The third kappa shape index (κ3) is 3.46. The number of hydrogen-bond donors (Lipinski definition) is 2. The van der Waals surface area contributed by atoms with Crippen molar-refractivity contribution in [1.29, 1.82) is 5.26 Å². The summed E-state index contributed by atoms with van der Waals surface area (Å²) in [5, 5.41) is 9.00. The lowest BCUT2D eigenvalue weighted by atomic mass is 10.0. The second kappa shape index (κ2) is 7.32. The first kappa shape index (κ1) is 18.8. The molecule has 0 unspecified atom stereocenters. The standard InChI is InChI=1S/C20H18N6O2/c1-11(2)26-10-14(7-8-15(26)27)17-16(13-5-3-12(9-21)4-6-13)25-19(22)18(24-17)20(23)28/h3-8,10-11H,1-2H3,(H2,22,25)(H2,23,28). The normalized spacial score (nSPS) is 10.6. The zero-order valence-electron chi connectivity index (χ0n) is 15.4. The first-order chi connectivity index (χ1) is 13.3. The Balaban J connectivity index is 2.30.